The monoisotopic (exact) mass is 405 g/mol. The van der Waals surface area contributed by atoms with Crippen molar-refractivity contribution in [1.82, 2.24) is 9.21 Å². The summed E-state index contributed by atoms with van der Waals surface area (Å²) in [5.74, 6) is 0.225. The Morgan fingerprint density at radius 1 is 1.11 bits per heavy atom. The number of anilines is 1. The summed E-state index contributed by atoms with van der Waals surface area (Å²) in [7, 11) is -3.61. The molecule has 0 aromatic heterocycles. The lowest BCUT2D eigenvalue weighted by Crippen LogP contribution is -2.50. The van der Waals surface area contributed by atoms with Crippen molar-refractivity contribution in [2.24, 2.45) is 0 Å². The number of sulfonamides is 1. The lowest BCUT2D eigenvalue weighted by Gasteiger charge is -2.34. The van der Waals surface area contributed by atoms with Gasteiger partial charge in [-0.3, -0.25) is 9.59 Å². The maximum absolute atomic E-state index is 13.2. The van der Waals surface area contributed by atoms with Crippen molar-refractivity contribution < 1.29 is 18.0 Å². The summed E-state index contributed by atoms with van der Waals surface area (Å²) in [6.07, 6.45) is 3.02. The Bertz CT molecular complexity index is 920. The van der Waals surface area contributed by atoms with E-state index in [0.717, 1.165) is 23.2 Å². The van der Waals surface area contributed by atoms with Crippen LogP contribution in [0.15, 0.2) is 17.0 Å². The third-order valence-corrected chi connectivity index (χ3v) is 7.88. The Morgan fingerprint density at radius 3 is 2.46 bits per heavy atom. The third-order valence-electron chi connectivity index (χ3n) is 6.01. The second kappa shape index (κ2) is 7.15. The number of hydrogen-bond donors (Lipinski definition) is 0. The molecule has 7 nitrogen and oxygen atoms in total. The molecule has 28 heavy (non-hydrogen) atoms. The van der Waals surface area contributed by atoms with E-state index >= 15 is 0 Å². The normalized spacial score (nSPS) is 22.5. The van der Waals surface area contributed by atoms with E-state index in [2.05, 4.69) is 0 Å². The molecule has 3 heterocycles. The number of aryl methyl sites for hydroxylation is 1. The molecule has 0 bridgehead atoms. The minimum atomic E-state index is -3.61. The zero-order valence-electron chi connectivity index (χ0n) is 16.5. The predicted octanol–water partition coefficient (Wildman–Crippen LogP) is 1.54. The molecule has 0 radical (unpaired) electrons. The van der Waals surface area contributed by atoms with E-state index in [1.807, 2.05) is 18.7 Å². The molecular weight excluding hydrogens is 378 g/mol. The molecule has 4 rings (SSSR count). The quantitative estimate of drug-likeness (QED) is 0.761. The Balaban J connectivity index is 1.58. The Morgan fingerprint density at radius 2 is 1.79 bits per heavy atom. The highest BCUT2D eigenvalue weighted by molar-refractivity contribution is 7.89. The fourth-order valence-corrected chi connectivity index (χ4v) is 6.12. The van der Waals surface area contributed by atoms with Crippen LogP contribution in [0.4, 0.5) is 5.69 Å². The highest BCUT2D eigenvalue weighted by Gasteiger charge is 2.38. The third kappa shape index (κ3) is 3.12. The largest absolute Gasteiger partial charge is 0.340 e. The van der Waals surface area contributed by atoms with E-state index in [4.69, 9.17) is 0 Å². The minimum Gasteiger partial charge on any atom is -0.340 e. The van der Waals surface area contributed by atoms with Crippen LogP contribution in [0.2, 0.25) is 0 Å². The maximum Gasteiger partial charge on any atom is 0.243 e. The van der Waals surface area contributed by atoms with Crippen LogP contribution in [-0.4, -0.2) is 61.7 Å². The molecule has 3 aliphatic heterocycles. The molecule has 0 spiro atoms. The van der Waals surface area contributed by atoms with E-state index in [0.29, 0.717) is 56.8 Å². The highest BCUT2D eigenvalue weighted by Crippen LogP contribution is 2.41. The molecular formula is C20H27N3O4S. The molecule has 8 heteroatoms. The van der Waals surface area contributed by atoms with E-state index in [1.165, 1.54) is 4.31 Å². The van der Waals surface area contributed by atoms with Crippen molar-refractivity contribution >= 4 is 27.5 Å². The SMILES string of the molecule is CCCC(=O)N1CCN(S(=O)(=O)c2cc3c4c(c2)C[C@H](C)N4C(=O)CC3)CC1. The van der Waals surface area contributed by atoms with Gasteiger partial charge in [-0.25, -0.2) is 8.42 Å². The molecule has 1 aromatic rings. The van der Waals surface area contributed by atoms with Crippen LogP contribution in [0.5, 0.6) is 0 Å². The first-order valence-corrected chi connectivity index (χ1v) is 11.5. The average Bonchev–Trinajstić information content (AvgIpc) is 3.02. The van der Waals surface area contributed by atoms with Crippen LogP contribution < -0.4 is 4.90 Å². The zero-order chi connectivity index (χ0) is 20.1. The van der Waals surface area contributed by atoms with E-state index in [1.54, 1.807) is 17.0 Å². The van der Waals surface area contributed by atoms with Crippen LogP contribution in [0, 0.1) is 0 Å². The van der Waals surface area contributed by atoms with Gasteiger partial charge in [-0.1, -0.05) is 6.92 Å². The van der Waals surface area contributed by atoms with Gasteiger partial charge in [-0.15, -0.1) is 0 Å². The first kappa shape index (κ1) is 19.4. The van der Waals surface area contributed by atoms with Gasteiger partial charge in [0.2, 0.25) is 21.8 Å². The van der Waals surface area contributed by atoms with E-state index < -0.39 is 10.0 Å². The van der Waals surface area contributed by atoms with Crippen LogP contribution >= 0.6 is 0 Å². The molecule has 152 valence electrons. The van der Waals surface area contributed by atoms with Crippen molar-refractivity contribution in [2.45, 2.75) is 56.9 Å². The Kier molecular flexibility index (Phi) is 4.95. The number of hydrogen-bond acceptors (Lipinski definition) is 4. The van der Waals surface area contributed by atoms with Gasteiger partial charge in [0, 0.05) is 45.1 Å². The fraction of sp³-hybridized carbons (Fsp3) is 0.600. The van der Waals surface area contributed by atoms with Gasteiger partial charge >= 0.3 is 0 Å². The second-order valence-corrected chi connectivity index (χ2v) is 9.88. The minimum absolute atomic E-state index is 0.0765. The number of nitrogens with zero attached hydrogens (tertiary/aromatic N) is 3. The molecule has 2 amide bonds. The summed E-state index contributed by atoms with van der Waals surface area (Å²) >= 11 is 0. The van der Waals surface area contributed by atoms with E-state index in [-0.39, 0.29) is 17.9 Å². The lowest BCUT2D eigenvalue weighted by atomic mass is 10.00. The summed E-state index contributed by atoms with van der Waals surface area (Å²) in [4.78, 5) is 28.2. The molecule has 1 fully saturated rings. The van der Waals surface area contributed by atoms with Crippen LogP contribution in [0.3, 0.4) is 0 Å². The molecule has 0 saturated carbocycles. The molecule has 3 aliphatic rings. The van der Waals surface area contributed by atoms with Crippen LogP contribution in [0.25, 0.3) is 0 Å². The number of amides is 2. The molecule has 0 unspecified atom stereocenters. The van der Waals surface area contributed by atoms with Crippen molar-refractivity contribution in [3.05, 3.63) is 23.3 Å². The molecule has 1 saturated heterocycles. The lowest BCUT2D eigenvalue weighted by molar-refractivity contribution is -0.132. The number of piperazine rings is 1. The van der Waals surface area contributed by atoms with Gasteiger partial charge in [0.05, 0.1) is 10.6 Å². The molecule has 1 atom stereocenters. The second-order valence-electron chi connectivity index (χ2n) is 7.94. The van der Waals surface area contributed by atoms with Crippen molar-refractivity contribution in [3.8, 4) is 0 Å². The molecule has 0 N–H and O–H groups in total. The van der Waals surface area contributed by atoms with Gasteiger partial charge in [0.1, 0.15) is 0 Å². The number of rotatable bonds is 4. The summed E-state index contributed by atoms with van der Waals surface area (Å²) in [5, 5.41) is 0. The van der Waals surface area contributed by atoms with Crippen molar-refractivity contribution in [2.75, 3.05) is 31.1 Å². The summed E-state index contributed by atoms with van der Waals surface area (Å²) in [6, 6.07) is 3.57. The predicted molar refractivity (Wildman–Crippen MR) is 106 cm³/mol. The Labute approximate surface area is 166 Å². The molecule has 0 aliphatic carbocycles. The number of carbonyl (C=O) groups excluding carboxylic acids is 2. The topological polar surface area (TPSA) is 78.0 Å². The summed E-state index contributed by atoms with van der Waals surface area (Å²) in [5.41, 5.74) is 2.84. The summed E-state index contributed by atoms with van der Waals surface area (Å²) < 4.78 is 28.0. The summed E-state index contributed by atoms with van der Waals surface area (Å²) in [6.45, 7) is 5.50. The number of benzene rings is 1. The highest BCUT2D eigenvalue weighted by atomic mass is 32.2. The fourth-order valence-electron chi connectivity index (χ4n) is 4.59. The van der Waals surface area contributed by atoms with Gasteiger partial charge in [0.25, 0.3) is 0 Å². The van der Waals surface area contributed by atoms with E-state index in [9.17, 15) is 18.0 Å². The average molecular weight is 406 g/mol. The van der Waals surface area contributed by atoms with Crippen LogP contribution in [-0.2, 0) is 32.5 Å². The molecule has 1 aromatic carbocycles. The van der Waals surface area contributed by atoms with Crippen molar-refractivity contribution in [1.29, 1.82) is 0 Å². The zero-order valence-corrected chi connectivity index (χ0v) is 17.3. The Hall–Kier alpha value is -1.93. The first-order valence-electron chi connectivity index (χ1n) is 10.1. The van der Waals surface area contributed by atoms with Gasteiger partial charge < -0.3 is 9.80 Å². The van der Waals surface area contributed by atoms with Crippen molar-refractivity contribution in [3.63, 3.8) is 0 Å². The van der Waals surface area contributed by atoms with Gasteiger partial charge in [-0.2, -0.15) is 4.31 Å². The smallest absolute Gasteiger partial charge is 0.243 e. The van der Waals surface area contributed by atoms with Gasteiger partial charge in [0.15, 0.2) is 0 Å². The van der Waals surface area contributed by atoms with Gasteiger partial charge in [-0.05, 0) is 49.4 Å². The first-order chi connectivity index (χ1) is 13.3. The standard InChI is InChI=1S/C20H27N3O4S/c1-3-4-18(24)21-7-9-22(10-8-21)28(26,27)17-12-15-5-6-19(25)23-14(2)11-16(13-17)20(15)23/h12-14H,3-11H2,1-2H3/t14-/m0/s1. The van der Waals surface area contributed by atoms with Crippen LogP contribution in [0.1, 0.15) is 44.2 Å². The maximum atomic E-state index is 13.2. The number of carbonyl (C=O) groups is 2.